The number of benzene rings is 1. The number of fused-ring (bicyclic) bond motifs is 1. The molecule has 8 heteroatoms. The van der Waals surface area contributed by atoms with Gasteiger partial charge in [0.1, 0.15) is 6.04 Å². The summed E-state index contributed by atoms with van der Waals surface area (Å²) in [5.74, 6) is 1.70. The number of hydrogen-bond donors (Lipinski definition) is 1. The molecule has 0 saturated carbocycles. The van der Waals surface area contributed by atoms with E-state index < -0.39 is 6.04 Å². The molecule has 8 nitrogen and oxygen atoms in total. The molecule has 132 valence electrons. The van der Waals surface area contributed by atoms with Gasteiger partial charge in [0.05, 0.1) is 13.2 Å². The number of aromatic nitrogens is 4. The third-order valence-corrected chi connectivity index (χ3v) is 3.96. The fourth-order valence-electron chi connectivity index (χ4n) is 2.98. The zero-order valence-electron chi connectivity index (χ0n) is 14.9. The minimum atomic E-state index is -0.425. The summed E-state index contributed by atoms with van der Waals surface area (Å²) in [5.41, 5.74) is 2.19. The standard InChI is InChI=1S/C17H21N5O3/c1-9(2)25-13-7-6-12(8-14(13)24-5)16-15(11(4)23)10(3)18-17-19-20-21-22(16)17/h6-9,16H,1-5H3,(H,18,19,21). The molecular formula is C17H21N5O3. The van der Waals surface area contributed by atoms with Crippen LogP contribution < -0.4 is 14.8 Å². The van der Waals surface area contributed by atoms with Crippen LogP contribution in [0.3, 0.4) is 0 Å². The number of ketones is 1. The molecule has 2 aromatic rings. The normalized spacial score (nSPS) is 16.5. The van der Waals surface area contributed by atoms with Gasteiger partial charge in [-0.3, -0.25) is 4.79 Å². The number of carbonyl (C=O) groups excluding carboxylic acids is 1. The SMILES string of the molecule is COc1cc(C2C(C(C)=O)=C(C)Nc3nnnn32)ccc1OC(C)C. The highest BCUT2D eigenvalue weighted by molar-refractivity contribution is 5.96. The van der Waals surface area contributed by atoms with E-state index in [1.54, 1.807) is 11.8 Å². The van der Waals surface area contributed by atoms with E-state index >= 15 is 0 Å². The van der Waals surface area contributed by atoms with Crippen molar-refractivity contribution in [3.05, 3.63) is 35.0 Å². The van der Waals surface area contributed by atoms with E-state index in [1.807, 2.05) is 39.0 Å². The Balaban J connectivity index is 2.12. The van der Waals surface area contributed by atoms with Crippen LogP contribution in [0.25, 0.3) is 0 Å². The summed E-state index contributed by atoms with van der Waals surface area (Å²) >= 11 is 0. The highest BCUT2D eigenvalue weighted by atomic mass is 16.5. The van der Waals surface area contributed by atoms with Gasteiger partial charge in [0.15, 0.2) is 17.3 Å². The zero-order chi connectivity index (χ0) is 18.1. The Hall–Kier alpha value is -2.90. The van der Waals surface area contributed by atoms with E-state index in [0.717, 1.165) is 11.3 Å². The van der Waals surface area contributed by atoms with Crippen molar-refractivity contribution < 1.29 is 14.3 Å². The van der Waals surface area contributed by atoms with Crippen LogP contribution in [0.4, 0.5) is 5.95 Å². The molecule has 1 aliphatic heterocycles. The monoisotopic (exact) mass is 343 g/mol. The van der Waals surface area contributed by atoms with Crippen LogP contribution in [-0.4, -0.2) is 39.2 Å². The quantitative estimate of drug-likeness (QED) is 0.891. The van der Waals surface area contributed by atoms with Crippen molar-refractivity contribution in [2.24, 2.45) is 0 Å². The third-order valence-electron chi connectivity index (χ3n) is 3.96. The lowest BCUT2D eigenvalue weighted by atomic mass is 9.93. The summed E-state index contributed by atoms with van der Waals surface area (Å²) in [7, 11) is 1.59. The van der Waals surface area contributed by atoms with E-state index in [0.29, 0.717) is 23.0 Å². The van der Waals surface area contributed by atoms with Crippen LogP contribution in [0.1, 0.15) is 39.3 Å². The van der Waals surface area contributed by atoms with Gasteiger partial charge >= 0.3 is 0 Å². The molecule has 1 aromatic carbocycles. The molecular weight excluding hydrogens is 322 g/mol. The molecule has 0 spiro atoms. The van der Waals surface area contributed by atoms with E-state index in [2.05, 4.69) is 20.8 Å². The number of nitrogens with one attached hydrogen (secondary N) is 1. The molecule has 1 aromatic heterocycles. The number of anilines is 1. The predicted octanol–water partition coefficient (Wildman–Crippen LogP) is 2.35. The van der Waals surface area contributed by atoms with Crippen molar-refractivity contribution in [1.29, 1.82) is 0 Å². The van der Waals surface area contributed by atoms with Crippen molar-refractivity contribution in [2.45, 2.75) is 39.8 Å². The van der Waals surface area contributed by atoms with Crippen LogP contribution >= 0.6 is 0 Å². The summed E-state index contributed by atoms with van der Waals surface area (Å²) < 4.78 is 12.8. The van der Waals surface area contributed by atoms with Crippen LogP contribution in [-0.2, 0) is 4.79 Å². The van der Waals surface area contributed by atoms with Gasteiger partial charge in [0.25, 0.3) is 0 Å². The van der Waals surface area contributed by atoms with Crippen molar-refractivity contribution in [3.63, 3.8) is 0 Å². The molecule has 0 radical (unpaired) electrons. The second kappa shape index (κ2) is 6.54. The molecule has 25 heavy (non-hydrogen) atoms. The Morgan fingerprint density at radius 1 is 1.32 bits per heavy atom. The lowest BCUT2D eigenvalue weighted by Gasteiger charge is -2.27. The second-order valence-electron chi connectivity index (χ2n) is 6.15. The van der Waals surface area contributed by atoms with Crippen LogP contribution in [0.15, 0.2) is 29.5 Å². The van der Waals surface area contributed by atoms with Crippen LogP contribution in [0.2, 0.25) is 0 Å². The van der Waals surface area contributed by atoms with E-state index in [4.69, 9.17) is 9.47 Å². The molecule has 1 unspecified atom stereocenters. The zero-order valence-corrected chi connectivity index (χ0v) is 14.9. The third kappa shape index (κ3) is 3.07. The lowest BCUT2D eigenvalue weighted by Crippen LogP contribution is -2.27. The number of carbonyl (C=O) groups is 1. The molecule has 0 bridgehead atoms. The first-order chi connectivity index (χ1) is 11.9. The molecule has 0 aliphatic carbocycles. The number of allylic oxidation sites excluding steroid dienone is 2. The first-order valence-corrected chi connectivity index (χ1v) is 8.03. The van der Waals surface area contributed by atoms with Crippen LogP contribution in [0, 0.1) is 0 Å². The molecule has 1 N–H and O–H groups in total. The Morgan fingerprint density at radius 3 is 2.72 bits per heavy atom. The van der Waals surface area contributed by atoms with Gasteiger partial charge in [-0.2, -0.15) is 4.68 Å². The van der Waals surface area contributed by atoms with Gasteiger partial charge < -0.3 is 14.8 Å². The minimum Gasteiger partial charge on any atom is -0.493 e. The largest absolute Gasteiger partial charge is 0.493 e. The van der Waals surface area contributed by atoms with E-state index in [9.17, 15) is 4.79 Å². The maximum atomic E-state index is 12.3. The molecule has 0 amide bonds. The van der Waals surface area contributed by atoms with Crippen molar-refractivity contribution in [1.82, 2.24) is 20.2 Å². The lowest BCUT2D eigenvalue weighted by molar-refractivity contribution is -0.114. The fourth-order valence-corrected chi connectivity index (χ4v) is 2.98. The summed E-state index contributed by atoms with van der Waals surface area (Å²) in [6.07, 6.45) is 0.0275. The molecule has 3 rings (SSSR count). The molecule has 0 saturated heterocycles. The van der Waals surface area contributed by atoms with E-state index in [1.165, 1.54) is 6.92 Å². The summed E-state index contributed by atoms with van der Waals surface area (Å²) in [5, 5.41) is 14.8. The van der Waals surface area contributed by atoms with Crippen molar-refractivity contribution >= 4 is 11.7 Å². The van der Waals surface area contributed by atoms with Crippen LogP contribution in [0.5, 0.6) is 11.5 Å². The molecule has 1 aliphatic rings. The number of rotatable bonds is 5. The minimum absolute atomic E-state index is 0.0275. The number of hydrogen-bond acceptors (Lipinski definition) is 7. The first-order valence-electron chi connectivity index (χ1n) is 8.03. The Morgan fingerprint density at radius 2 is 2.08 bits per heavy atom. The first kappa shape index (κ1) is 16.9. The van der Waals surface area contributed by atoms with Gasteiger partial charge in [0, 0.05) is 11.3 Å². The van der Waals surface area contributed by atoms with Gasteiger partial charge in [-0.05, 0) is 55.8 Å². The number of tetrazole rings is 1. The Labute approximate surface area is 145 Å². The van der Waals surface area contributed by atoms with Gasteiger partial charge in [0.2, 0.25) is 5.95 Å². The topological polar surface area (TPSA) is 91.2 Å². The number of ether oxygens (including phenoxy) is 2. The van der Waals surface area contributed by atoms with E-state index in [-0.39, 0.29) is 11.9 Å². The molecule has 2 heterocycles. The van der Waals surface area contributed by atoms with Crippen molar-refractivity contribution in [2.75, 3.05) is 12.4 Å². The molecule has 0 fully saturated rings. The molecule has 1 atom stereocenters. The second-order valence-corrected chi connectivity index (χ2v) is 6.15. The highest BCUT2D eigenvalue weighted by Crippen LogP contribution is 2.38. The highest BCUT2D eigenvalue weighted by Gasteiger charge is 2.32. The van der Waals surface area contributed by atoms with Gasteiger partial charge in [-0.25, -0.2) is 0 Å². The Bertz CT molecular complexity index is 841. The Kier molecular flexibility index (Phi) is 4.43. The average molecular weight is 343 g/mol. The number of Topliss-reactive ketones (excluding diaryl/α,β-unsaturated/α-hetero) is 1. The summed E-state index contributed by atoms with van der Waals surface area (Å²) in [4.78, 5) is 12.3. The number of nitrogens with zero attached hydrogens (tertiary/aromatic N) is 4. The fraction of sp³-hybridized carbons (Fsp3) is 0.412. The maximum absolute atomic E-state index is 12.3. The van der Waals surface area contributed by atoms with Gasteiger partial charge in [-0.1, -0.05) is 11.2 Å². The van der Waals surface area contributed by atoms with Crippen molar-refractivity contribution in [3.8, 4) is 11.5 Å². The average Bonchev–Trinajstić information content (AvgIpc) is 3.01. The van der Waals surface area contributed by atoms with Gasteiger partial charge in [-0.15, -0.1) is 0 Å². The smallest absolute Gasteiger partial charge is 0.248 e. The maximum Gasteiger partial charge on any atom is 0.248 e. The predicted molar refractivity (Wildman–Crippen MR) is 91.7 cm³/mol. The number of methoxy groups -OCH3 is 1. The summed E-state index contributed by atoms with van der Waals surface area (Å²) in [6, 6.07) is 5.17. The summed E-state index contributed by atoms with van der Waals surface area (Å²) in [6.45, 7) is 7.28.